The smallest absolute Gasteiger partial charge is 0.251 e. The van der Waals surface area contributed by atoms with Gasteiger partial charge in [-0.25, -0.2) is 4.39 Å². The van der Waals surface area contributed by atoms with Gasteiger partial charge in [-0.05, 0) is 53.9 Å². The van der Waals surface area contributed by atoms with Gasteiger partial charge < -0.3 is 16.0 Å². The average molecular weight is 420 g/mol. The van der Waals surface area contributed by atoms with Gasteiger partial charge in [0.05, 0.1) is 6.54 Å². The van der Waals surface area contributed by atoms with Gasteiger partial charge in [0, 0.05) is 29.0 Å². The second kappa shape index (κ2) is 10.4. The van der Waals surface area contributed by atoms with E-state index < -0.39 is 0 Å². The molecule has 0 fully saturated rings. The highest BCUT2D eigenvalue weighted by atomic mass is 19.1. The maximum absolute atomic E-state index is 13.6. The fourth-order valence-corrected chi connectivity index (χ4v) is 3.00. The summed E-state index contributed by atoms with van der Waals surface area (Å²) in [6.45, 7) is 4.46. The third-order valence-corrected chi connectivity index (χ3v) is 4.86. The Labute approximate surface area is 181 Å². The van der Waals surface area contributed by atoms with Crippen molar-refractivity contribution in [3.8, 4) is 0 Å². The first-order chi connectivity index (χ1) is 14.9. The Bertz CT molecular complexity index is 1030. The molecule has 0 heterocycles. The zero-order valence-corrected chi connectivity index (χ0v) is 17.6. The molecule has 3 N–H and O–H groups in total. The fourth-order valence-electron chi connectivity index (χ4n) is 3.00. The molecule has 160 valence electrons. The lowest BCUT2D eigenvalue weighted by atomic mass is 10.0. The maximum atomic E-state index is 13.6. The molecular weight excluding hydrogens is 393 g/mol. The molecule has 0 aliphatic heterocycles. The summed E-state index contributed by atoms with van der Waals surface area (Å²) in [4.78, 5) is 24.4. The lowest BCUT2D eigenvalue weighted by Crippen LogP contribution is -2.23. The van der Waals surface area contributed by atoms with Crippen molar-refractivity contribution in [2.75, 3.05) is 17.2 Å². The minimum Gasteiger partial charge on any atom is -0.376 e. The summed E-state index contributed by atoms with van der Waals surface area (Å²) >= 11 is 0. The highest BCUT2D eigenvalue weighted by molar-refractivity contribution is 5.95. The molecule has 31 heavy (non-hydrogen) atoms. The Morgan fingerprint density at radius 3 is 2.16 bits per heavy atom. The van der Waals surface area contributed by atoms with E-state index in [1.54, 1.807) is 42.5 Å². The first kappa shape index (κ1) is 22.0. The van der Waals surface area contributed by atoms with Gasteiger partial charge in [-0.15, -0.1) is 0 Å². The van der Waals surface area contributed by atoms with Gasteiger partial charge in [0.15, 0.2) is 0 Å². The van der Waals surface area contributed by atoms with Crippen molar-refractivity contribution in [3.63, 3.8) is 0 Å². The molecule has 6 heteroatoms. The van der Waals surface area contributed by atoms with E-state index in [0.29, 0.717) is 17.0 Å². The highest BCUT2D eigenvalue weighted by Gasteiger charge is 2.08. The molecule has 0 spiro atoms. The highest BCUT2D eigenvalue weighted by Crippen LogP contribution is 2.17. The van der Waals surface area contributed by atoms with Crippen molar-refractivity contribution in [1.29, 1.82) is 0 Å². The molecule has 0 atom stereocenters. The summed E-state index contributed by atoms with van der Waals surface area (Å²) in [7, 11) is 0. The number of hydrogen-bond acceptors (Lipinski definition) is 3. The topological polar surface area (TPSA) is 70.2 Å². The van der Waals surface area contributed by atoms with Crippen LogP contribution in [-0.2, 0) is 11.3 Å². The van der Waals surface area contributed by atoms with Gasteiger partial charge in [0.1, 0.15) is 5.82 Å². The van der Waals surface area contributed by atoms with Crippen molar-refractivity contribution in [3.05, 3.63) is 95.3 Å². The standard InChI is InChI=1S/C25H26FN3O2/c1-17(2)18-7-13-22(14-8-18)29-24(30)16-27-21-11-9-19(10-12-21)25(31)28-15-20-5-3-4-6-23(20)26/h3-14,17,27H,15-16H2,1-2H3,(H,28,31)(H,29,30). The largest absolute Gasteiger partial charge is 0.376 e. The van der Waals surface area contributed by atoms with Crippen LogP contribution in [0.25, 0.3) is 0 Å². The number of carbonyl (C=O) groups is 2. The molecular formula is C25H26FN3O2. The Morgan fingerprint density at radius 1 is 0.871 bits per heavy atom. The lowest BCUT2D eigenvalue weighted by Gasteiger charge is -2.10. The first-order valence-corrected chi connectivity index (χ1v) is 10.2. The summed E-state index contributed by atoms with van der Waals surface area (Å²) in [5.41, 5.74) is 3.57. The second-order valence-electron chi connectivity index (χ2n) is 7.53. The van der Waals surface area contributed by atoms with Gasteiger partial charge in [-0.3, -0.25) is 9.59 Å². The van der Waals surface area contributed by atoms with E-state index in [-0.39, 0.29) is 30.7 Å². The van der Waals surface area contributed by atoms with E-state index in [1.807, 2.05) is 24.3 Å². The third-order valence-electron chi connectivity index (χ3n) is 4.86. The van der Waals surface area contributed by atoms with Crippen LogP contribution in [0.1, 0.15) is 41.3 Å². The van der Waals surface area contributed by atoms with Crippen LogP contribution in [0, 0.1) is 5.82 Å². The van der Waals surface area contributed by atoms with Crippen molar-refractivity contribution < 1.29 is 14.0 Å². The van der Waals surface area contributed by atoms with Gasteiger partial charge in [0.25, 0.3) is 5.91 Å². The minimum atomic E-state index is -0.350. The van der Waals surface area contributed by atoms with Crippen LogP contribution in [-0.4, -0.2) is 18.4 Å². The maximum Gasteiger partial charge on any atom is 0.251 e. The predicted octanol–water partition coefficient (Wildman–Crippen LogP) is 4.93. The van der Waals surface area contributed by atoms with E-state index >= 15 is 0 Å². The van der Waals surface area contributed by atoms with Crippen LogP contribution >= 0.6 is 0 Å². The fraction of sp³-hybridized carbons (Fsp3) is 0.200. The Morgan fingerprint density at radius 2 is 1.52 bits per heavy atom. The van der Waals surface area contributed by atoms with Crippen molar-refractivity contribution in [2.45, 2.75) is 26.3 Å². The number of nitrogens with one attached hydrogen (secondary N) is 3. The monoisotopic (exact) mass is 419 g/mol. The predicted molar refractivity (Wildman–Crippen MR) is 122 cm³/mol. The molecule has 0 saturated heterocycles. The first-order valence-electron chi connectivity index (χ1n) is 10.2. The molecule has 3 aromatic rings. The van der Waals surface area contributed by atoms with Gasteiger partial charge in [0.2, 0.25) is 5.91 Å². The molecule has 0 aromatic heterocycles. The van der Waals surface area contributed by atoms with Gasteiger partial charge >= 0.3 is 0 Å². The molecule has 0 unspecified atom stereocenters. The third kappa shape index (κ3) is 6.40. The summed E-state index contributed by atoms with van der Waals surface area (Å²) < 4.78 is 13.6. The van der Waals surface area contributed by atoms with Crippen molar-refractivity contribution in [2.24, 2.45) is 0 Å². The molecule has 3 rings (SSSR count). The van der Waals surface area contributed by atoms with Crippen LogP contribution in [0.2, 0.25) is 0 Å². The van der Waals surface area contributed by atoms with E-state index in [0.717, 1.165) is 11.4 Å². The lowest BCUT2D eigenvalue weighted by molar-refractivity contribution is -0.114. The molecule has 3 aromatic carbocycles. The second-order valence-corrected chi connectivity index (χ2v) is 7.53. The molecule has 0 aliphatic rings. The number of benzene rings is 3. The van der Waals surface area contributed by atoms with Crippen molar-refractivity contribution >= 4 is 23.2 Å². The number of hydrogen-bond donors (Lipinski definition) is 3. The van der Waals surface area contributed by atoms with Crippen molar-refractivity contribution in [1.82, 2.24) is 5.32 Å². The summed E-state index contributed by atoms with van der Waals surface area (Å²) in [5, 5.41) is 8.58. The summed E-state index contributed by atoms with van der Waals surface area (Å²) in [6, 6.07) is 20.9. The molecule has 0 bridgehead atoms. The Balaban J connectivity index is 1.47. The number of amides is 2. The number of anilines is 2. The van der Waals surface area contributed by atoms with Crippen LogP contribution in [0.15, 0.2) is 72.8 Å². The van der Waals surface area contributed by atoms with E-state index in [4.69, 9.17) is 0 Å². The SMILES string of the molecule is CC(C)c1ccc(NC(=O)CNc2ccc(C(=O)NCc3ccccc3F)cc2)cc1. The minimum absolute atomic E-state index is 0.102. The zero-order valence-electron chi connectivity index (χ0n) is 17.6. The van der Waals surface area contributed by atoms with Gasteiger partial charge in [-0.2, -0.15) is 0 Å². The van der Waals surface area contributed by atoms with E-state index in [2.05, 4.69) is 29.8 Å². The van der Waals surface area contributed by atoms with Crippen LogP contribution < -0.4 is 16.0 Å². The number of rotatable bonds is 8. The molecule has 2 amide bonds. The quantitative estimate of drug-likeness (QED) is 0.485. The number of carbonyl (C=O) groups excluding carboxylic acids is 2. The van der Waals surface area contributed by atoms with Crippen LogP contribution in [0.3, 0.4) is 0 Å². The number of halogens is 1. The summed E-state index contributed by atoms with van der Waals surface area (Å²) in [6.07, 6.45) is 0. The summed E-state index contributed by atoms with van der Waals surface area (Å²) in [5.74, 6) is -0.367. The molecule has 0 radical (unpaired) electrons. The van der Waals surface area contributed by atoms with E-state index in [9.17, 15) is 14.0 Å². The van der Waals surface area contributed by atoms with Gasteiger partial charge in [-0.1, -0.05) is 44.2 Å². The zero-order chi connectivity index (χ0) is 22.2. The normalized spacial score (nSPS) is 10.6. The Kier molecular flexibility index (Phi) is 7.38. The molecule has 0 saturated carbocycles. The van der Waals surface area contributed by atoms with Crippen LogP contribution in [0.4, 0.5) is 15.8 Å². The Hall–Kier alpha value is -3.67. The van der Waals surface area contributed by atoms with Crippen LogP contribution in [0.5, 0.6) is 0 Å². The van der Waals surface area contributed by atoms with E-state index in [1.165, 1.54) is 11.6 Å². The molecule has 0 aliphatic carbocycles. The molecule has 5 nitrogen and oxygen atoms in total. The average Bonchev–Trinajstić information content (AvgIpc) is 2.77.